The Hall–Kier alpha value is -2.92. The van der Waals surface area contributed by atoms with E-state index in [1.54, 1.807) is 0 Å². The molecule has 2 aromatic carbocycles. The van der Waals surface area contributed by atoms with E-state index in [2.05, 4.69) is 0 Å². The minimum Gasteiger partial charge on any atom is -0.336 e. The number of halogens is 6. The monoisotopic (exact) mass is 661 g/mol. The van der Waals surface area contributed by atoms with Crippen LogP contribution < -0.4 is 11.5 Å². The van der Waals surface area contributed by atoms with Crippen molar-refractivity contribution in [3.63, 3.8) is 0 Å². The van der Waals surface area contributed by atoms with Crippen LogP contribution in [0.1, 0.15) is 75.3 Å². The van der Waals surface area contributed by atoms with Crippen molar-refractivity contribution in [3.8, 4) is 0 Å². The fourth-order valence-electron chi connectivity index (χ4n) is 9.79. The lowest BCUT2D eigenvalue weighted by atomic mass is 9.66. The number of amides is 1. The molecule has 0 spiro atoms. The molecular weight excluding hydrogens is 620 g/mol. The van der Waals surface area contributed by atoms with Gasteiger partial charge >= 0.3 is 0 Å². The summed E-state index contributed by atoms with van der Waals surface area (Å²) in [5.41, 5.74) is 12.1. The van der Waals surface area contributed by atoms with Crippen LogP contribution in [0.15, 0.2) is 24.3 Å². The average molecular weight is 662 g/mol. The highest BCUT2D eigenvalue weighted by atomic mass is 19.2. The predicted octanol–water partition coefficient (Wildman–Crippen LogP) is 6.13. The zero-order chi connectivity index (χ0) is 33.4. The molecule has 11 heteroatoms. The molecule has 1 amide bonds. The van der Waals surface area contributed by atoms with Gasteiger partial charge in [-0.25, -0.2) is 26.3 Å². The maximum absolute atomic E-state index is 14.3. The number of hydrogen-bond acceptors (Lipinski definition) is 4. The molecule has 2 heterocycles. The van der Waals surface area contributed by atoms with Crippen molar-refractivity contribution in [1.29, 1.82) is 0 Å². The van der Waals surface area contributed by atoms with E-state index in [-0.39, 0.29) is 77.3 Å². The minimum atomic E-state index is -1.24. The number of rotatable bonds is 9. The van der Waals surface area contributed by atoms with E-state index >= 15 is 0 Å². The normalized spacial score (nSPS) is 31.9. The third-order valence-electron chi connectivity index (χ3n) is 12.4. The standard InChI is InChI=1S/C36H41F6N3O2/c37-25-15-29(41)27(39)11-19(25)13-31(43)21-7-17-1-2-18(8-21)33(17)34(46)36(5-6-36)35(47)45-23-3-4-24(45)10-22(9-23)32(44)14-20-12-28(40)30(42)16-26(20)38/h11-12,15-18,21-24,31-33H,1-10,13-14,43-44H2/t17-,18+,21-,22-,23+,24-,31-,32-,33?/m1/s1. The summed E-state index contributed by atoms with van der Waals surface area (Å²) in [6.45, 7) is 0. The number of ketones is 1. The van der Waals surface area contributed by atoms with Gasteiger partial charge in [0.15, 0.2) is 29.1 Å². The van der Waals surface area contributed by atoms with Crippen LogP contribution in [-0.4, -0.2) is 40.8 Å². The van der Waals surface area contributed by atoms with E-state index in [9.17, 15) is 35.9 Å². The second-order valence-corrected chi connectivity index (χ2v) is 15.1. The number of piperidine rings is 1. The van der Waals surface area contributed by atoms with E-state index in [4.69, 9.17) is 11.5 Å². The van der Waals surface area contributed by atoms with Crippen LogP contribution in [-0.2, 0) is 22.4 Å². The molecule has 1 unspecified atom stereocenters. The summed E-state index contributed by atoms with van der Waals surface area (Å²) in [5.74, 6) is -6.48. The molecule has 9 atom stereocenters. The minimum absolute atomic E-state index is 0.00822. The highest BCUT2D eigenvalue weighted by molar-refractivity contribution is 6.10. The Morgan fingerprint density at radius 1 is 0.660 bits per heavy atom. The lowest BCUT2D eigenvalue weighted by Crippen LogP contribution is -2.54. The van der Waals surface area contributed by atoms with Crippen molar-refractivity contribution in [1.82, 2.24) is 4.90 Å². The van der Waals surface area contributed by atoms with Gasteiger partial charge < -0.3 is 16.4 Å². The van der Waals surface area contributed by atoms with E-state index in [0.717, 1.165) is 37.8 Å². The molecule has 7 rings (SSSR count). The van der Waals surface area contributed by atoms with Gasteiger partial charge in [-0.3, -0.25) is 9.59 Å². The summed E-state index contributed by atoms with van der Waals surface area (Å²) in [6.07, 6.45) is 7.13. The Kier molecular flexibility index (Phi) is 8.47. The van der Waals surface area contributed by atoms with Gasteiger partial charge in [-0.2, -0.15) is 0 Å². The van der Waals surface area contributed by atoms with Gasteiger partial charge in [-0.15, -0.1) is 0 Å². The van der Waals surface area contributed by atoms with Gasteiger partial charge in [0.2, 0.25) is 5.91 Å². The molecule has 4 bridgehead atoms. The predicted molar refractivity (Wildman–Crippen MR) is 161 cm³/mol. The second-order valence-electron chi connectivity index (χ2n) is 15.1. The maximum Gasteiger partial charge on any atom is 0.236 e. The van der Waals surface area contributed by atoms with Crippen molar-refractivity contribution in [3.05, 3.63) is 70.3 Å². The number of hydrogen-bond donors (Lipinski definition) is 2. The van der Waals surface area contributed by atoms with Gasteiger partial charge in [0.05, 0.1) is 0 Å². The van der Waals surface area contributed by atoms with Crippen molar-refractivity contribution in [2.45, 2.75) is 101 Å². The number of benzene rings is 2. The third kappa shape index (κ3) is 5.79. The molecule has 254 valence electrons. The van der Waals surface area contributed by atoms with Crippen LogP contribution in [0, 0.1) is 69.9 Å². The van der Waals surface area contributed by atoms with Crippen molar-refractivity contribution < 1.29 is 35.9 Å². The van der Waals surface area contributed by atoms with E-state index in [1.807, 2.05) is 4.90 Å². The number of Topliss-reactive ketones (excluding diaryl/α,β-unsaturated/α-hetero) is 1. The van der Waals surface area contributed by atoms with Gasteiger partial charge in [-0.05, 0) is 124 Å². The summed E-state index contributed by atoms with van der Waals surface area (Å²) >= 11 is 0. The quantitative estimate of drug-likeness (QED) is 0.192. The molecule has 0 aromatic heterocycles. The van der Waals surface area contributed by atoms with Crippen molar-refractivity contribution in [2.24, 2.45) is 46.5 Å². The first-order chi connectivity index (χ1) is 22.4. The van der Waals surface area contributed by atoms with E-state index < -0.39 is 52.4 Å². The largest absolute Gasteiger partial charge is 0.336 e. The van der Waals surface area contributed by atoms with Crippen molar-refractivity contribution in [2.75, 3.05) is 0 Å². The van der Waals surface area contributed by atoms with Crippen molar-refractivity contribution >= 4 is 11.7 Å². The molecule has 4 N–H and O–H groups in total. The summed E-state index contributed by atoms with van der Waals surface area (Å²) in [5, 5.41) is 0. The van der Waals surface area contributed by atoms with Gasteiger partial charge in [0.1, 0.15) is 17.0 Å². The topological polar surface area (TPSA) is 89.4 Å². The van der Waals surface area contributed by atoms with Crippen LogP contribution in [0.3, 0.4) is 0 Å². The average Bonchev–Trinajstić information content (AvgIpc) is 3.74. The number of carbonyl (C=O) groups is 2. The summed E-state index contributed by atoms with van der Waals surface area (Å²) in [6, 6.07) is 1.73. The number of fused-ring (bicyclic) bond motifs is 4. The fourth-order valence-corrected chi connectivity index (χ4v) is 9.79. The molecule has 2 aromatic rings. The number of nitrogens with zero attached hydrogens (tertiary/aromatic N) is 1. The first-order valence-electron chi connectivity index (χ1n) is 17.0. The van der Waals surface area contributed by atoms with Crippen LogP contribution in [0.4, 0.5) is 26.3 Å². The molecule has 3 saturated carbocycles. The SMILES string of the molecule is N[C@H](Cc1cc(F)c(F)cc1F)[C@@H]1C[C@H]2CC[C@@H](C1)C2C(=O)C1(C(=O)N2[C@@H]3CC[C@H]2C[C@@H]([C@H](N)Cc2cc(F)c(F)cc2F)C3)CC1. The van der Waals surface area contributed by atoms with Crippen LogP contribution >= 0.6 is 0 Å². The molecule has 2 saturated heterocycles. The maximum atomic E-state index is 14.3. The molecule has 47 heavy (non-hydrogen) atoms. The Bertz CT molecular complexity index is 1440. The van der Waals surface area contributed by atoms with Crippen LogP contribution in [0.2, 0.25) is 0 Å². The highest BCUT2D eigenvalue weighted by Gasteiger charge is 2.64. The number of nitrogens with two attached hydrogens (primary N) is 2. The summed E-state index contributed by atoms with van der Waals surface area (Å²) in [4.78, 5) is 30.5. The summed E-state index contributed by atoms with van der Waals surface area (Å²) < 4.78 is 83.0. The number of carbonyl (C=O) groups excluding carboxylic acids is 2. The Balaban J connectivity index is 0.991. The van der Waals surface area contributed by atoms with Gasteiger partial charge in [0.25, 0.3) is 0 Å². The first-order valence-corrected chi connectivity index (χ1v) is 17.0. The lowest BCUT2D eigenvalue weighted by molar-refractivity contribution is -0.150. The molecular formula is C36H41F6N3O2. The van der Waals surface area contributed by atoms with Gasteiger partial charge in [-0.1, -0.05) is 0 Å². The van der Waals surface area contributed by atoms with Gasteiger partial charge in [0, 0.05) is 42.2 Å². The Labute approximate surface area is 270 Å². The zero-order valence-corrected chi connectivity index (χ0v) is 26.2. The molecule has 5 fully saturated rings. The molecule has 5 nitrogen and oxygen atoms in total. The Morgan fingerprint density at radius 2 is 1.09 bits per heavy atom. The van der Waals surface area contributed by atoms with E-state index in [0.29, 0.717) is 50.7 Å². The highest BCUT2D eigenvalue weighted by Crippen LogP contribution is 2.59. The fraction of sp³-hybridized carbons (Fsp3) is 0.611. The van der Waals surface area contributed by atoms with E-state index in [1.165, 1.54) is 0 Å². The molecule has 0 radical (unpaired) electrons. The smallest absolute Gasteiger partial charge is 0.236 e. The van der Waals surface area contributed by atoms with Crippen LogP contribution in [0.25, 0.3) is 0 Å². The first kappa shape index (κ1) is 32.6. The van der Waals surface area contributed by atoms with Crippen LogP contribution in [0.5, 0.6) is 0 Å². The lowest BCUT2D eigenvalue weighted by Gasteiger charge is -2.43. The zero-order valence-electron chi connectivity index (χ0n) is 26.2. The molecule has 5 aliphatic rings. The summed E-state index contributed by atoms with van der Waals surface area (Å²) in [7, 11) is 0. The second kappa shape index (κ2) is 12.2. The Morgan fingerprint density at radius 3 is 1.53 bits per heavy atom. The third-order valence-corrected chi connectivity index (χ3v) is 12.4. The molecule has 3 aliphatic carbocycles. The molecule has 2 aliphatic heterocycles.